The molecule has 0 radical (unpaired) electrons. The second kappa shape index (κ2) is 7.09. The van der Waals surface area contributed by atoms with Crippen molar-refractivity contribution in [1.82, 2.24) is 20.6 Å². The molecular formula is C23H23N5O2. The van der Waals surface area contributed by atoms with E-state index in [1.807, 2.05) is 24.3 Å². The van der Waals surface area contributed by atoms with Crippen LogP contribution in [-0.4, -0.2) is 35.0 Å². The topological polar surface area (TPSA) is 87.2 Å². The number of amides is 3. The lowest BCUT2D eigenvalue weighted by molar-refractivity contribution is -0.126. The number of nitrogens with one attached hydrogen (secondary N) is 2. The number of rotatable bonds is 3. The summed E-state index contributed by atoms with van der Waals surface area (Å²) in [7, 11) is 0. The number of hydrogen-bond acceptors (Lipinski definition) is 5. The average molecular weight is 401 g/mol. The number of hydrogen-bond donors (Lipinski definition) is 2. The van der Waals surface area contributed by atoms with Gasteiger partial charge in [-0.3, -0.25) is 15.1 Å². The lowest BCUT2D eigenvalue weighted by Gasteiger charge is -2.41. The van der Waals surface area contributed by atoms with Crippen LogP contribution in [-0.2, 0) is 10.3 Å². The van der Waals surface area contributed by atoms with E-state index in [-0.39, 0.29) is 11.8 Å². The summed E-state index contributed by atoms with van der Waals surface area (Å²) in [4.78, 5) is 36.2. The fourth-order valence-electron chi connectivity index (χ4n) is 4.83. The van der Waals surface area contributed by atoms with Gasteiger partial charge in [0.15, 0.2) is 5.54 Å². The van der Waals surface area contributed by atoms with Crippen molar-refractivity contribution in [2.45, 2.75) is 25.3 Å². The van der Waals surface area contributed by atoms with Gasteiger partial charge in [-0.2, -0.15) is 0 Å². The van der Waals surface area contributed by atoms with Crippen LogP contribution in [0.3, 0.4) is 0 Å². The molecular weight excluding hydrogens is 378 g/mol. The number of carbonyl (C=O) groups excluding carboxylic acids is 2. The predicted molar refractivity (Wildman–Crippen MR) is 114 cm³/mol. The van der Waals surface area contributed by atoms with E-state index in [1.54, 1.807) is 18.5 Å². The molecule has 0 saturated carbocycles. The highest BCUT2D eigenvalue weighted by Crippen LogP contribution is 2.39. The van der Waals surface area contributed by atoms with Gasteiger partial charge in [-0.15, -0.1) is 0 Å². The minimum Gasteiger partial charge on any atom is -0.357 e. The maximum Gasteiger partial charge on any atom is 0.322 e. The molecule has 2 aliphatic rings. The first-order chi connectivity index (χ1) is 14.6. The van der Waals surface area contributed by atoms with E-state index in [1.165, 1.54) is 5.56 Å². The lowest BCUT2D eigenvalue weighted by Crippen LogP contribution is -2.53. The Morgan fingerprint density at radius 1 is 1.10 bits per heavy atom. The third-order valence-electron chi connectivity index (χ3n) is 6.35. The summed E-state index contributed by atoms with van der Waals surface area (Å²) in [5.74, 6) is 0.643. The van der Waals surface area contributed by atoms with Crippen LogP contribution < -0.4 is 15.5 Å². The fourth-order valence-corrected chi connectivity index (χ4v) is 4.83. The molecule has 5 rings (SSSR count). The van der Waals surface area contributed by atoms with Gasteiger partial charge in [0, 0.05) is 36.4 Å². The fraction of sp³-hybridized carbons (Fsp3) is 0.304. The second-order valence-electron chi connectivity index (χ2n) is 8.03. The first kappa shape index (κ1) is 18.5. The highest BCUT2D eigenvalue weighted by molar-refractivity contribution is 6.07. The van der Waals surface area contributed by atoms with E-state index in [0.29, 0.717) is 0 Å². The Morgan fingerprint density at radius 3 is 2.60 bits per heavy atom. The highest BCUT2D eigenvalue weighted by atomic mass is 16.2. The molecule has 0 bridgehead atoms. The lowest BCUT2D eigenvalue weighted by atomic mass is 9.73. The zero-order valence-electron chi connectivity index (χ0n) is 16.8. The smallest absolute Gasteiger partial charge is 0.322 e. The van der Waals surface area contributed by atoms with Crippen molar-refractivity contribution in [3.05, 3.63) is 66.0 Å². The summed E-state index contributed by atoms with van der Waals surface area (Å²) >= 11 is 0. The zero-order chi connectivity index (χ0) is 20.7. The molecule has 7 heteroatoms. The Balaban J connectivity index is 1.42. The van der Waals surface area contributed by atoms with Crippen LogP contribution >= 0.6 is 0 Å². The van der Waals surface area contributed by atoms with Crippen molar-refractivity contribution >= 4 is 28.7 Å². The molecule has 1 aromatic carbocycles. The molecule has 2 fully saturated rings. The van der Waals surface area contributed by atoms with Crippen molar-refractivity contribution in [1.29, 1.82) is 0 Å². The van der Waals surface area contributed by atoms with Crippen LogP contribution in [0.2, 0.25) is 0 Å². The van der Waals surface area contributed by atoms with Crippen molar-refractivity contribution < 1.29 is 9.59 Å². The number of aromatic nitrogens is 2. The number of piperidine rings is 1. The molecule has 0 spiro atoms. The van der Waals surface area contributed by atoms with Crippen molar-refractivity contribution in [2.24, 2.45) is 5.92 Å². The van der Waals surface area contributed by atoms with Crippen molar-refractivity contribution in [3.8, 4) is 0 Å². The van der Waals surface area contributed by atoms with E-state index in [0.717, 1.165) is 48.2 Å². The van der Waals surface area contributed by atoms with E-state index in [2.05, 4.69) is 39.6 Å². The molecule has 2 saturated heterocycles. The molecule has 152 valence electrons. The molecule has 1 unspecified atom stereocenters. The van der Waals surface area contributed by atoms with Crippen LogP contribution in [0.4, 0.5) is 10.6 Å². The molecule has 3 amide bonds. The van der Waals surface area contributed by atoms with E-state index in [4.69, 9.17) is 4.98 Å². The van der Waals surface area contributed by atoms with E-state index in [9.17, 15) is 9.59 Å². The minimum absolute atomic E-state index is 0.0223. The minimum atomic E-state index is -1.07. The summed E-state index contributed by atoms with van der Waals surface area (Å²) in [6, 6.07) is 13.5. The molecule has 2 N–H and O–H groups in total. The highest BCUT2D eigenvalue weighted by Gasteiger charge is 2.53. The first-order valence-electron chi connectivity index (χ1n) is 10.2. The molecule has 30 heavy (non-hydrogen) atoms. The number of para-hydroxylation sites is 1. The van der Waals surface area contributed by atoms with E-state index >= 15 is 0 Å². The van der Waals surface area contributed by atoms with Gasteiger partial charge in [0.1, 0.15) is 5.82 Å². The van der Waals surface area contributed by atoms with Crippen LogP contribution in [0.5, 0.6) is 0 Å². The molecule has 3 aromatic rings. The maximum atomic E-state index is 12.9. The van der Waals surface area contributed by atoms with Gasteiger partial charge in [-0.25, -0.2) is 9.78 Å². The van der Waals surface area contributed by atoms with Crippen LogP contribution in [0.25, 0.3) is 10.9 Å². The Hall–Kier alpha value is -3.48. The number of anilines is 1. The predicted octanol–water partition coefficient (Wildman–Crippen LogP) is 2.89. The van der Waals surface area contributed by atoms with E-state index < -0.39 is 11.6 Å². The number of nitrogens with zero attached hydrogens (tertiary/aromatic N) is 3. The maximum absolute atomic E-state index is 12.9. The van der Waals surface area contributed by atoms with Gasteiger partial charge in [0.05, 0.1) is 5.52 Å². The Kier molecular flexibility index (Phi) is 4.38. The molecule has 2 aliphatic heterocycles. The number of aryl methyl sites for hydroxylation is 1. The number of imide groups is 1. The summed E-state index contributed by atoms with van der Waals surface area (Å²) in [5, 5.41) is 6.51. The first-order valence-corrected chi connectivity index (χ1v) is 10.2. The largest absolute Gasteiger partial charge is 0.357 e. The zero-order valence-corrected chi connectivity index (χ0v) is 16.8. The molecule has 1 atom stereocenters. The third-order valence-corrected chi connectivity index (χ3v) is 6.35. The van der Waals surface area contributed by atoms with Gasteiger partial charge >= 0.3 is 6.03 Å². The van der Waals surface area contributed by atoms with Crippen LogP contribution in [0.15, 0.2) is 54.9 Å². The van der Waals surface area contributed by atoms with Gasteiger partial charge < -0.3 is 10.2 Å². The SMILES string of the molecule is Cc1cc(N2CCC(C3(c4cccnc4)NC(=O)NC3=O)CC2)nc2ccccc12. The second-order valence-corrected chi connectivity index (χ2v) is 8.03. The van der Waals surface area contributed by atoms with Crippen molar-refractivity contribution in [3.63, 3.8) is 0 Å². The van der Waals surface area contributed by atoms with Gasteiger partial charge in [0.2, 0.25) is 0 Å². The summed E-state index contributed by atoms with van der Waals surface area (Å²) in [5.41, 5.74) is 1.85. The Morgan fingerprint density at radius 2 is 1.90 bits per heavy atom. The molecule has 2 aromatic heterocycles. The van der Waals surface area contributed by atoms with Gasteiger partial charge in [0.25, 0.3) is 5.91 Å². The number of carbonyl (C=O) groups is 2. The summed E-state index contributed by atoms with van der Waals surface area (Å²) in [6.45, 7) is 3.64. The summed E-state index contributed by atoms with van der Waals surface area (Å²) < 4.78 is 0. The third kappa shape index (κ3) is 2.89. The van der Waals surface area contributed by atoms with Gasteiger partial charge in [-0.1, -0.05) is 24.3 Å². The van der Waals surface area contributed by atoms with Crippen LogP contribution in [0.1, 0.15) is 24.0 Å². The van der Waals surface area contributed by atoms with Gasteiger partial charge in [-0.05, 0) is 49.4 Å². The normalized spacial score (nSPS) is 22.2. The number of fused-ring (bicyclic) bond motifs is 1. The Bertz CT molecular complexity index is 1120. The monoisotopic (exact) mass is 401 g/mol. The van der Waals surface area contributed by atoms with Crippen LogP contribution in [0, 0.1) is 12.8 Å². The average Bonchev–Trinajstić information content (AvgIpc) is 3.09. The quantitative estimate of drug-likeness (QED) is 0.659. The summed E-state index contributed by atoms with van der Waals surface area (Å²) in [6.07, 6.45) is 4.86. The van der Waals surface area contributed by atoms with Crippen molar-refractivity contribution in [2.75, 3.05) is 18.0 Å². The number of pyridine rings is 2. The molecule has 0 aliphatic carbocycles. The molecule has 7 nitrogen and oxygen atoms in total. The number of benzene rings is 1. The Labute approximate surface area is 174 Å². The standard InChI is InChI=1S/C23H23N5O2/c1-15-13-20(25-19-7-3-2-6-18(15)19)28-11-8-16(9-12-28)23(17-5-4-10-24-14-17)21(29)26-22(30)27-23/h2-7,10,13-14,16H,8-9,11-12H2,1H3,(H2,26,27,29,30). The number of urea groups is 1. The molecule has 4 heterocycles.